The minimum absolute atomic E-state index is 0.159. The van der Waals surface area contributed by atoms with Gasteiger partial charge < -0.3 is 24.6 Å². The third kappa shape index (κ3) is 13.0. The zero-order valence-electron chi connectivity index (χ0n) is 17.4. The average molecular weight is 441 g/mol. The lowest BCUT2D eigenvalue weighted by atomic mass is 9.88. The molecule has 0 saturated carbocycles. The first-order chi connectivity index (χ1) is 13.3. The number of nitrogens with one attached hydrogen (secondary N) is 1. The van der Waals surface area contributed by atoms with E-state index in [4.69, 9.17) is 13.7 Å². The molecule has 12 heteroatoms. The van der Waals surface area contributed by atoms with Crippen LogP contribution in [0, 0.1) is 5.41 Å². The Balaban J connectivity index is 4.34. The zero-order valence-corrected chi connectivity index (χ0v) is 18.2. The molecule has 0 aromatic rings. The fraction of sp³-hybridized carbons (Fsp3) is 0.824. The fourth-order valence-corrected chi connectivity index (χ4v) is 2.88. The fourth-order valence-electron chi connectivity index (χ4n) is 1.78. The Bertz CT molecular complexity index is 645. The molecule has 0 rings (SSSR count). The van der Waals surface area contributed by atoms with Crippen molar-refractivity contribution in [1.82, 2.24) is 5.32 Å². The van der Waals surface area contributed by atoms with Gasteiger partial charge in [0, 0.05) is 18.9 Å². The second kappa shape index (κ2) is 12.6. The van der Waals surface area contributed by atoms with E-state index in [0.29, 0.717) is 0 Å². The highest BCUT2D eigenvalue weighted by Gasteiger charge is 2.36. The lowest BCUT2D eigenvalue weighted by Gasteiger charge is -2.28. The lowest BCUT2D eigenvalue weighted by Crippen LogP contribution is -2.42. The van der Waals surface area contributed by atoms with Gasteiger partial charge in [-0.25, -0.2) is 9.59 Å². The third-order valence-corrected chi connectivity index (χ3v) is 4.66. The van der Waals surface area contributed by atoms with Crippen LogP contribution in [0.1, 0.15) is 41.0 Å². The van der Waals surface area contributed by atoms with Crippen LogP contribution in [0.25, 0.3) is 0 Å². The number of aliphatic hydroxyl groups excluding tert-OH is 1. The Labute approximate surface area is 171 Å². The zero-order chi connectivity index (χ0) is 22.7. The predicted molar refractivity (Wildman–Crippen MR) is 101 cm³/mol. The largest absolute Gasteiger partial charge is 0.508 e. The van der Waals surface area contributed by atoms with Crippen LogP contribution in [-0.2, 0) is 38.1 Å². The first-order valence-electron chi connectivity index (χ1n) is 9.06. The summed E-state index contributed by atoms with van der Waals surface area (Å²) in [5, 5.41) is 12.6. The molecule has 0 spiro atoms. The lowest BCUT2D eigenvalue weighted by molar-refractivity contribution is -0.162. The van der Waals surface area contributed by atoms with Crippen molar-refractivity contribution in [2.24, 2.45) is 5.41 Å². The van der Waals surface area contributed by atoms with E-state index in [9.17, 15) is 27.9 Å². The van der Waals surface area contributed by atoms with E-state index in [2.05, 4.69) is 10.1 Å². The Kier molecular flexibility index (Phi) is 11.8. The van der Waals surface area contributed by atoms with Crippen LogP contribution >= 0.6 is 0 Å². The van der Waals surface area contributed by atoms with Crippen LogP contribution in [0.2, 0.25) is 0 Å². The standard InChI is InChI=1S/C17H31NO10S/c1-12(2)28-16(22)26-9-8-25-15(21)14(20)17(4,5)11-27-29(23,24)10-6-7-18-13(3)19/h12,14,20H,6-11H2,1-5H3,(H,18,19)/t14-/m0/s1. The molecule has 0 bridgehead atoms. The molecule has 0 heterocycles. The average Bonchev–Trinajstić information content (AvgIpc) is 2.59. The molecule has 170 valence electrons. The second-order valence-electron chi connectivity index (χ2n) is 7.18. The Morgan fingerprint density at radius 2 is 1.69 bits per heavy atom. The van der Waals surface area contributed by atoms with Crippen molar-refractivity contribution < 1.29 is 46.3 Å². The van der Waals surface area contributed by atoms with Crippen molar-refractivity contribution >= 4 is 28.1 Å². The minimum Gasteiger partial charge on any atom is -0.460 e. The van der Waals surface area contributed by atoms with Gasteiger partial charge in [0.2, 0.25) is 5.91 Å². The van der Waals surface area contributed by atoms with Crippen molar-refractivity contribution in [3.63, 3.8) is 0 Å². The van der Waals surface area contributed by atoms with Gasteiger partial charge in [-0.1, -0.05) is 13.8 Å². The number of carbonyl (C=O) groups is 3. The van der Waals surface area contributed by atoms with Gasteiger partial charge in [-0.3, -0.25) is 8.98 Å². The molecular weight excluding hydrogens is 410 g/mol. The van der Waals surface area contributed by atoms with E-state index in [1.54, 1.807) is 13.8 Å². The predicted octanol–water partition coefficient (Wildman–Crippen LogP) is 0.351. The van der Waals surface area contributed by atoms with Gasteiger partial charge in [0.25, 0.3) is 10.1 Å². The maximum atomic E-state index is 11.9. The molecule has 2 N–H and O–H groups in total. The summed E-state index contributed by atoms with van der Waals surface area (Å²) in [7, 11) is -3.90. The number of esters is 1. The number of carbonyl (C=O) groups excluding carboxylic acids is 3. The summed E-state index contributed by atoms with van der Waals surface area (Å²) in [5.74, 6) is -1.61. The molecule has 0 aliphatic heterocycles. The SMILES string of the molecule is CC(=O)NCCCS(=O)(=O)OCC(C)(C)[C@@H](O)C(=O)OCCOC(=O)OC(C)C. The molecule has 0 aliphatic carbocycles. The quantitative estimate of drug-likeness (QED) is 0.232. The molecule has 0 radical (unpaired) electrons. The van der Waals surface area contributed by atoms with Crippen LogP contribution in [0.5, 0.6) is 0 Å². The monoisotopic (exact) mass is 441 g/mol. The van der Waals surface area contributed by atoms with Crippen LogP contribution in [0.3, 0.4) is 0 Å². The molecular formula is C17H31NO10S. The highest BCUT2D eigenvalue weighted by Crippen LogP contribution is 2.23. The molecule has 1 amide bonds. The molecule has 1 atom stereocenters. The van der Waals surface area contributed by atoms with E-state index in [-0.39, 0.29) is 43.9 Å². The van der Waals surface area contributed by atoms with E-state index in [1.165, 1.54) is 20.8 Å². The van der Waals surface area contributed by atoms with E-state index in [0.717, 1.165) is 0 Å². The molecule has 0 aromatic carbocycles. The summed E-state index contributed by atoms with van der Waals surface area (Å²) in [5.41, 5.74) is -1.26. The Hall–Kier alpha value is -1.92. The second-order valence-corrected chi connectivity index (χ2v) is 8.94. The van der Waals surface area contributed by atoms with Crippen molar-refractivity contribution in [2.45, 2.75) is 53.2 Å². The maximum absolute atomic E-state index is 11.9. The Morgan fingerprint density at radius 1 is 1.10 bits per heavy atom. The topological polar surface area (TPSA) is 155 Å². The highest BCUT2D eigenvalue weighted by atomic mass is 32.2. The maximum Gasteiger partial charge on any atom is 0.508 e. The third-order valence-electron chi connectivity index (χ3n) is 3.40. The number of ether oxygens (including phenoxy) is 3. The summed E-state index contributed by atoms with van der Waals surface area (Å²) in [6.07, 6.45) is -2.77. The number of amides is 1. The van der Waals surface area contributed by atoms with Gasteiger partial charge in [0.15, 0.2) is 6.10 Å². The van der Waals surface area contributed by atoms with Crippen LogP contribution in [0.4, 0.5) is 4.79 Å². The van der Waals surface area contributed by atoms with Crippen LogP contribution < -0.4 is 5.32 Å². The Morgan fingerprint density at radius 3 is 2.24 bits per heavy atom. The van der Waals surface area contributed by atoms with E-state index < -0.39 is 40.4 Å². The van der Waals surface area contributed by atoms with Gasteiger partial charge in [0.05, 0.1) is 18.5 Å². The first kappa shape index (κ1) is 27.1. The van der Waals surface area contributed by atoms with Crippen LogP contribution in [-0.4, -0.2) is 75.9 Å². The van der Waals surface area contributed by atoms with Crippen molar-refractivity contribution in [3.8, 4) is 0 Å². The molecule has 0 unspecified atom stereocenters. The molecule has 0 saturated heterocycles. The molecule has 29 heavy (non-hydrogen) atoms. The first-order valence-corrected chi connectivity index (χ1v) is 10.6. The molecule has 11 nitrogen and oxygen atoms in total. The molecule has 0 aliphatic rings. The van der Waals surface area contributed by atoms with Gasteiger partial charge in [-0.15, -0.1) is 0 Å². The van der Waals surface area contributed by atoms with Crippen molar-refractivity contribution in [2.75, 3.05) is 32.1 Å². The van der Waals surface area contributed by atoms with Gasteiger partial charge in [-0.05, 0) is 20.3 Å². The molecule has 0 aromatic heterocycles. The van der Waals surface area contributed by atoms with Gasteiger partial charge in [0.1, 0.15) is 13.2 Å². The normalized spacial score (nSPS) is 12.9. The smallest absolute Gasteiger partial charge is 0.460 e. The van der Waals surface area contributed by atoms with E-state index in [1.807, 2.05) is 0 Å². The number of aliphatic hydroxyl groups is 1. The summed E-state index contributed by atoms with van der Waals surface area (Å²) < 4.78 is 42.8. The number of rotatable bonds is 13. The summed E-state index contributed by atoms with van der Waals surface area (Å²) in [6, 6.07) is 0. The van der Waals surface area contributed by atoms with Gasteiger partial charge >= 0.3 is 12.1 Å². The van der Waals surface area contributed by atoms with Crippen molar-refractivity contribution in [1.29, 1.82) is 0 Å². The summed E-state index contributed by atoms with van der Waals surface area (Å²) in [6.45, 7) is 6.63. The summed E-state index contributed by atoms with van der Waals surface area (Å²) in [4.78, 5) is 33.8. The van der Waals surface area contributed by atoms with Crippen LogP contribution in [0.15, 0.2) is 0 Å². The minimum atomic E-state index is -3.90. The highest BCUT2D eigenvalue weighted by molar-refractivity contribution is 7.86. The number of hydrogen-bond donors (Lipinski definition) is 2. The van der Waals surface area contributed by atoms with Crippen molar-refractivity contribution in [3.05, 3.63) is 0 Å². The summed E-state index contributed by atoms with van der Waals surface area (Å²) >= 11 is 0. The molecule has 0 fully saturated rings. The van der Waals surface area contributed by atoms with Gasteiger partial charge in [-0.2, -0.15) is 8.42 Å². The number of hydrogen-bond acceptors (Lipinski definition) is 10. The van der Waals surface area contributed by atoms with E-state index >= 15 is 0 Å².